The number of carbonyl (C=O) groups excluding carboxylic acids is 1. The molecule has 1 aromatic heterocycles. The average Bonchev–Trinajstić information content (AvgIpc) is 2.67. The normalized spacial score (nSPS) is 11.8. The Morgan fingerprint density at radius 3 is 2.39 bits per heavy atom. The minimum absolute atomic E-state index is 0.0682. The quantitative estimate of drug-likeness (QED) is 0.843. The van der Waals surface area contributed by atoms with Gasteiger partial charge in [0, 0.05) is 30.0 Å². The molecule has 0 bridgehead atoms. The highest BCUT2D eigenvalue weighted by molar-refractivity contribution is 8.13. The Kier molecular flexibility index (Phi) is 4.81. The van der Waals surface area contributed by atoms with Crippen LogP contribution in [-0.2, 0) is 16.1 Å². The fourth-order valence-corrected chi connectivity index (χ4v) is 2.44. The van der Waals surface area contributed by atoms with Gasteiger partial charge in [-0.05, 0) is 18.9 Å². The van der Waals surface area contributed by atoms with Crippen molar-refractivity contribution < 1.29 is 13.2 Å². The molecule has 0 aliphatic heterocycles. The summed E-state index contributed by atoms with van der Waals surface area (Å²) >= 11 is 0. The third-order valence-corrected chi connectivity index (χ3v) is 4.14. The summed E-state index contributed by atoms with van der Waals surface area (Å²) in [4.78, 5) is 11.9. The number of hydrogen-bond donors (Lipinski definition) is 1. The number of hydrogen-bond acceptors (Lipinski definition) is 3. The molecule has 102 valence electrons. The van der Waals surface area contributed by atoms with E-state index >= 15 is 0 Å². The van der Waals surface area contributed by atoms with Gasteiger partial charge in [0.25, 0.3) is 15.0 Å². The van der Waals surface area contributed by atoms with Crippen molar-refractivity contribution in [3.63, 3.8) is 0 Å². The fourth-order valence-electron chi connectivity index (χ4n) is 1.65. The van der Waals surface area contributed by atoms with Gasteiger partial charge in [-0.3, -0.25) is 4.79 Å². The molecule has 0 unspecified atom stereocenters. The SMILES string of the molecule is CCC(CC)NC(=O)c1cc(S(=O)(=O)Cl)cn1C. The lowest BCUT2D eigenvalue weighted by Gasteiger charge is -2.14. The molecule has 7 heteroatoms. The van der Waals surface area contributed by atoms with Gasteiger partial charge in [0.15, 0.2) is 0 Å². The van der Waals surface area contributed by atoms with E-state index in [-0.39, 0.29) is 22.5 Å². The fraction of sp³-hybridized carbons (Fsp3) is 0.545. The monoisotopic (exact) mass is 292 g/mol. The summed E-state index contributed by atoms with van der Waals surface area (Å²) in [7, 11) is 3.03. The molecular formula is C11H17ClN2O3S. The van der Waals surface area contributed by atoms with Crippen LogP contribution in [0.2, 0.25) is 0 Å². The molecule has 1 aromatic rings. The van der Waals surface area contributed by atoms with Crippen LogP contribution in [0.15, 0.2) is 17.2 Å². The molecule has 18 heavy (non-hydrogen) atoms. The van der Waals surface area contributed by atoms with Crippen molar-refractivity contribution in [3.8, 4) is 0 Å². The Morgan fingerprint density at radius 1 is 1.44 bits per heavy atom. The van der Waals surface area contributed by atoms with Crippen LogP contribution in [0.25, 0.3) is 0 Å². The maximum absolute atomic E-state index is 12.0. The first-order chi connectivity index (χ1) is 8.29. The first-order valence-corrected chi connectivity index (χ1v) is 8.02. The van der Waals surface area contributed by atoms with E-state index in [0.29, 0.717) is 0 Å². The van der Waals surface area contributed by atoms with E-state index in [1.54, 1.807) is 7.05 Å². The van der Waals surface area contributed by atoms with Gasteiger partial charge >= 0.3 is 0 Å². The second kappa shape index (κ2) is 5.75. The van der Waals surface area contributed by atoms with Crippen molar-refractivity contribution in [1.82, 2.24) is 9.88 Å². The smallest absolute Gasteiger partial charge is 0.268 e. The van der Waals surface area contributed by atoms with Gasteiger partial charge in [0.05, 0.1) is 0 Å². The van der Waals surface area contributed by atoms with E-state index < -0.39 is 9.05 Å². The van der Waals surface area contributed by atoms with E-state index in [9.17, 15) is 13.2 Å². The van der Waals surface area contributed by atoms with Crippen molar-refractivity contribution in [2.75, 3.05) is 0 Å². The minimum atomic E-state index is -3.81. The molecule has 0 aliphatic rings. The zero-order valence-corrected chi connectivity index (χ0v) is 12.2. The minimum Gasteiger partial charge on any atom is -0.348 e. The van der Waals surface area contributed by atoms with Crippen molar-refractivity contribution in [3.05, 3.63) is 18.0 Å². The maximum atomic E-state index is 12.0. The topological polar surface area (TPSA) is 68.2 Å². The van der Waals surface area contributed by atoms with Gasteiger partial charge in [-0.25, -0.2) is 8.42 Å². The third kappa shape index (κ3) is 3.49. The van der Waals surface area contributed by atoms with Crippen molar-refractivity contribution >= 4 is 25.6 Å². The van der Waals surface area contributed by atoms with Crippen molar-refractivity contribution in [2.24, 2.45) is 7.05 Å². The van der Waals surface area contributed by atoms with E-state index in [2.05, 4.69) is 5.32 Å². The Morgan fingerprint density at radius 2 is 2.00 bits per heavy atom. The molecule has 1 N–H and O–H groups in total. The second-order valence-corrected chi connectivity index (χ2v) is 6.66. The van der Waals surface area contributed by atoms with Crippen LogP contribution in [0, 0.1) is 0 Å². The molecule has 5 nitrogen and oxygen atoms in total. The van der Waals surface area contributed by atoms with Gasteiger partial charge in [-0.15, -0.1) is 0 Å². The predicted octanol–water partition coefficient (Wildman–Crippen LogP) is 1.87. The van der Waals surface area contributed by atoms with Crippen LogP contribution in [0.4, 0.5) is 0 Å². The highest BCUT2D eigenvalue weighted by Crippen LogP contribution is 2.17. The molecule has 1 heterocycles. The summed E-state index contributed by atoms with van der Waals surface area (Å²) in [5.74, 6) is -0.294. The number of aromatic nitrogens is 1. The number of halogens is 1. The standard InChI is InChI=1S/C11H17ClN2O3S/c1-4-8(5-2)13-11(15)10-6-9(7-14(10)3)18(12,16)17/h6-8H,4-5H2,1-3H3,(H,13,15). The molecule has 0 aliphatic carbocycles. The molecule has 0 saturated carbocycles. The molecule has 0 atom stereocenters. The van der Waals surface area contributed by atoms with E-state index in [0.717, 1.165) is 12.8 Å². The number of rotatable bonds is 5. The van der Waals surface area contributed by atoms with Gasteiger partial charge in [0.1, 0.15) is 10.6 Å². The van der Waals surface area contributed by atoms with Crippen molar-refractivity contribution in [1.29, 1.82) is 0 Å². The molecule has 0 fully saturated rings. The highest BCUT2D eigenvalue weighted by atomic mass is 35.7. The molecular weight excluding hydrogens is 276 g/mol. The van der Waals surface area contributed by atoms with Crippen LogP contribution >= 0.6 is 10.7 Å². The van der Waals surface area contributed by atoms with Crippen LogP contribution in [0.5, 0.6) is 0 Å². The Balaban J connectivity index is 2.97. The third-order valence-electron chi connectivity index (χ3n) is 2.81. The lowest BCUT2D eigenvalue weighted by Crippen LogP contribution is -2.34. The number of aryl methyl sites for hydroxylation is 1. The summed E-state index contributed by atoms with van der Waals surface area (Å²) in [5, 5.41) is 2.84. The Labute approximate surface area is 112 Å². The second-order valence-electron chi connectivity index (χ2n) is 4.10. The lowest BCUT2D eigenvalue weighted by atomic mass is 10.1. The van der Waals surface area contributed by atoms with Gasteiger partial charge in [-0.2, -0.15) is 0 Å². The van der Waals surface area contributed by atoms with Crippen LogP contribution in [0.3, 0.4) is 0 Å². The average molecular weight is 293 g/mol. The zero-order chi connectivity index (χ0) is 13.9. The van der Waals surface area contributed by atoms with Gasteiger partial charge in [-0.1, -0.05) is 13.8 Å². The molecule has 1 rings (SSSR count). The number of amides is 1. The van der Waals surface area contributed by atoms with Crippen molar-refractivity contribution in [2.45, 2.75) is 37.6 Å². The predicted molar refractivity (Wildman–Crippen MR) is 70.3 cm³/mol. The largest absolute Gasteiger partial charge is 0.348 e. The summed E-state index contributed by atoms with van der Waals surface area (Å²) in [6, 6.07) is 1.36. The zero-order valence-electron chi connectivity index (χ0n) is 10.6. The maximum Gasteiger partial charge on any atom is 0.268 e. The number of nitrogens with zero attached hydrogens (tertiary/aromatic N) is 1. The summed E-state index contributed by atoms with van der Waals surface area (Å²) < 4.78 is 23.8. The highest BCUT2D eigenvalue weighted by Gasteiger charge is 2.19. The van der Waals surface area contributed by atoms with Gasteiger partial charge in [0.2, 0.25) is 0 Å². The molecule has 0 radical (unpaired) electrons. The molecule has 0 saturated heterocycles. The molecule has 1 amide bonds. The Hall–Kier alpha value is -1.01. The van der Waals surface area contributed by atoms with E-state index in [1.165, 1.54) is 16.8 Å². The number of nitrogens with one attached hydrogen (secondary N) is 1. The summed E-state index contributed by atoms with van der Waals surface area (Å²) in [6.45, 7) is 3.96. The molecule has 0 aromatic carbocycles. The first-order valence-electron chi connectivity index (χ1n) is 5.71. The first kappa shape index (κ1) is 15.0. The van der Waals surface area contributed by atoms with E-state index in [4.69, 9.17) is 10.7 Å². The van der Waals surface area contributed by atoms with Crippen LogP contribution < -0.4 is 5.32 Å². The molecule has 0 spiro atoms. The Bertz CT molecular complexity index is 532. The summed E-state index contributed by atoms with van der Waals surface area (Å²) in [6.07, 6.45) is 2.98. The summed E-state index contributed by atoms with van der Waals surface area (Å²) in [5.41, 5.74) is 0.279. The lowest BCUT2D eigenvalue weighted by molar-refractivity contribution is 0.0926. The van der Waals surface area contributed by atoms with Crippen LogP contribution in [0.1, 0.15) is 37.2 Å². The van der Waals surface area contributed by atoms with Crippen LogP contribution in [-0.4, -0.2) is 24.9 Å². The van der Waals surface area contributed by atoms with Gasteiger partial charge < -0.3 is 9.88 Å². The number of carbonyl (C=O) groups is 1. The van der Waals surface area contributed by atoms with E-state index in [1.807, 2.05) is 13.8 Å².